The molecular formula is C8H9N3O2S. The van der Waals surface area contributed by atoms with Crippen LogP contribution in [-0.4, -0.2) is 34.8 Å². The fraction of sp³-hybridized carbons (Fsp3) is 0.375. The molecule has 1 N–H and O–H groups in total. The summed E-state index contributed by atoms with van der Waals surface area (Å²) in [6.45, 7) is 0. The molecule has 1 aliphatic heterocycles. The molecule has 14 heavy (non-hydrogen) atoms. The maximum Gasteiger partial charge on any atom is 0.251 e. The van der Waals surface area contributed by atoms with Crippen molar-refractivity contribution in [3.05, 3.63) is 11.6 Å². The Hall–Kier alpha value is -1.43. The Balaban J connectivity index is 2.07. The number of imide groups is 1. The average Bonchev–Trinajstić information content (AvgIpc) is 2.73. The van der Waals surface area contributed by atoms with Crippen molar-refractivity contribution >= 4 is 28.3 Å². The van der Waals surface area contributed by atoms with Crippen molar-refractivity contribution in [3.63, 3.8) is 0 Å². The zero-order valence-corrected chi connectivity index (χ0v) is 8.37. The van der Waals surface area contributed by atoms with Gasteiger partial charge in [-0.25, -0.2) is 4.98 Å². The first-order valence-corrected chi connectivity index (χ1v) is 5.03. The minimum atomic E-state index is -0.446. The number of hydrogen-bond acceptors (Lipinski definition) is 5. The van der Waals surface area contributed by atoms with Crippen LogP contribution in [0.5, 0.6) is 0 Å². The molecule has 1 aliphatic rings. The number of carbonyl (C=O) groups is 2. The van der Waals surface area contributed by atoms with Crippen molar-refractivity contribution in [2.24, 2.45) is 0 Å². The lowest BCUT2D eigenvalue weighted by molar-refractivity contribution is -0.136. The molecule has 2 amide bonds. The Morgan fingerprint density at radius 2 is 2.43 bits per heavy atom. The molecule has 2 heterocycles. The zero-order valence-electron chi connectivity index (χ0n) is 7.56. The molecule has 6 heteroatoms. The molecular weight excluding hydrogens is 202 g/mol. The number of hydrogen-bond donors (Lipinski definition) is 1. The van der Waals surface area contributed by atoms with Crippen LogP contribution in [0.25, 0.3) is 0 Å². The highest BCUT2D eigenvalue weighted by molar-refractivity contribution is 7.13. The number of thiazole rings is 1. The first-order chi connectivity index (χ1) is 6.68. The molecule has 1 saturated heterocycles. The summed E-state index contributed by atoms with van der Waals surface area (Å²) in [6, 6.07) is -0.446. The molecule has 0 saturated carbocycles. The highest BCUT2D eigenvalue weighted by Crippen LogP contribution is 2.18. The molecule has 1 atom stereocenters. The third kappa shape index (κ3) is 1.48. The second kappa shape index (κ2) is 3.38. The van der Waals surface area contributed by atoms with Gasteiger partial charge in [-0.15, -0.1) is 11.3 Å². The van der Waals surface area contributed by atoms with Gasteiger partial charge in [-0.05, 0) is 0 Å². The Morgan fingerprint density at radius 3 is 2.93 bits per heavy atom. The van der Waals surface area contributed by atoms with E-state index < -0.39 is 6.04 Å². The first-order valence-electron chi connectivity index (χ1n) is 4.15. The minimum Gasteiger partial charge on any atom is -0.349 e. The number of likely N-dealkylation sites (tertiary alicyclic amines) is 1. The van der Waals surface area contributed by atoms with E-state index in [4.69, 9.17) is 0 Å². The van der Waals surface area contributed by atoms with Gasteiger partial charge in [-0.1, -0.05) is 0 Å². The zero-order chi connectivity index (χ0) is 10.1. The number of carbonyl (C=O) groups excluding carboxylic acids is 2. The maximum absolute atomic E-state index is 11.5. The molecule has 1 unspecified atom stereocenters. The fourth-order valence-corrected chi connectivity index (χ4v) is 1.89. The van der Waals surface area contributed by atoms with Crippen molar-refractivity contribution in [3.8, 4) is 0 Å². The number of rotatable bonds is 2. The second-order valence-electron chi connectivity index (χ2n) is 3.03. The number of nitrogens with zero attached hydrogens (tertiary/aromatic N) is 2. The SMILES string of the molecule is CN1C(=O)CC(Nc2nccs2)C1=O. The summed E-state index contributed by atoms with van der Waals surface area (Å²) in [4.78, 5) is 27.8. The summed E-state index contributed by atoms with van der Waals surface area (Å²) in [6.07, 6.45) is 1.87. The molecule has 1 fully saturated rings. The molecule has 0 aromatic carbocycles. The highest BCUT2D eigenvalue weighted by atomic mass is 32.1. The molecule has 74 valence electrons. The molecule has 2 rings (SSSR count). The molecule has 1 aromatic heterocycles. The summed E-state index contributed by atoms with van der Waals surface area (Å²) in [5.41, 5.74) is 0. The second-order valence-corrected chi connectivity index (χ2v) is 3.92. The van der Waals surface area contributed by atoms with Crippen LogP contribution in [0.1, 0.15) is 6.42 Å². The summed E-state index contributed by atoms with van der Waals surface area (Å²) in [7, 11) is 1.49. The molecule has 5 nitrogen and oxygen atoms in total. The summed E-state index contributed by atoms with van der Waals surface area (Å²) < 4.78 is 0. The van der Waals surface area contributed by atoms with E-state index in [0.717, 1.165) is 4.90 Å². The van der Waals surface area contributed by atoms with Crippen molar-refractivity contribution in [1.82, 2.24) is 9.88 Å². The fourth-order valence-electron chi connectivity index (χ4n) is 1.31. The van der Waals surface area contributed by atoms with Gasteiger partial charge in [0.1, 0.15) is 6.04 Å². The van der Waals surface area contributed by atoms with Crippen LogP contribution in [-0.2, 0) is 9.59 Å². The van der Waals surface area contributed by atoms with Gasteiger partial charge in [-0.2, -0.15) is 0 Å². The Kier molecular flexibility index (Phi) is 2.20. The predicted molar refractivity (Wildman–Crippen MR) is 51.9 cm³/mol. The van der Waals surface area contributed by atoms with Crippen LogP contribution < -0.4 is 5.32 Å². The van der Waals surface area contributed by atoms with Crippen LogP contribution in [0.2, 0.25) is 0 Å². The number of likely N-dealkylation sites (N-methyl/N-ethyl adjacent to an activating group) is 1. The minimum absolute atomic E-state index is 0.149. The maximum atomic E-state index is 11.5. The van der Waals surface area contributed by atoms with Crippen molar-refractivity contribution in [2.45, 2.75) is 12.5 Å². The van der Waals surface area contributed by atoms with E-state index in [0.29, 0.717) is 5.13 Å². The first kappa shape index (κ1) is 9.14. The summed E-state index contributed by atoms with van der Waals surface area (Å²) in [5, 5.41) is 5.41. The van der Waals surface area contributed by atoms with Gasteiger partial charge in [0, 0.05) is 18.6 Å². The van der Waals surface area contributed by atoms with Gasteiger partial charge in [0.2, 0.25) is 5.91 Å². The van der Waals surface area contributed by atoms with Gasteiger partial charge in [0.05, 0.1) is 6.42 Å². The molecule has 0 spiro atoms. The van der Waals surface area contributed by atoms with Crippen LogP contribution in [0.15, 0.2) is 11.6 Å². The lowest BCUT2D eigenvalue weighted by atomic mass is 10.2. The van der Waals surface area contributed by atoms with E-state index in [2.05, 4.69) is 10.3 Å². The highest BCUT2D eigenvalue weighted by Gasteiger charge is 2.36. The van der Waals surface area contributed by atoms with Crippen molar-refractivity contribution in [1.29, 1.82) is 0 Å². The number of anilines is 1. The van der Waals surface area contributed by atoms with Gasteiger partial charge in [0.15, 0.2) is 5.13 Å². The van der Waals surface area contributed by atoms with Gasteiger partial charge in [-0.3, -0.25) is 14.5 Å². The normalized spacial score (nSPS) is 21.8. The van der Waals surface area contributed by atoms with E-state index in [1.54, 1.807) is 6.20 Å². The van der Waals surface area contributed by atoms with Gasteiger partial charge >= 0.3 is 0 Å². The molecule has 0 bridgehead atoms. The molecule has 1 aromatic rings. The molecule has 0 aliphatic carbocycles. The number of nitrogens with one attached hydrogen (secondary N) is 1. The third-order valence-electron chi connectivity index (χ3n) is 2.11. The van der Waals surface area contributed by atoms with Crippen LogP contribution in [0.3, 0.4) is 0 Å². The average molecular weight is 211 g/mol. The summed E-state index contributed by atoms with van der Waals surface area (Å²) >= 11 is 1.41. The van der Waals surface area contributed by atoms with E-state index >= 15 is 0 Å². The topological polar surface area (TPSA) is 62.3 Å². The lowest BCUT2D eigenvalue weighted by Gasteiger charge is -2.09. The van der Waals surface area contributed by atoms with Crippen LogP contribution in [0.4, 0.5) is 5.13 Å². The smallest absolute Gasteiger partial charge is 0.251 e. The predicted octanol–water partition coefficient (Wildman–Crippen LogP) is 0.312. The van der Waals surface area contributed by atoms with Crippen LogP contribution >= 0.6 is 11.3 Å². The van der Waals surface area contributed by atoms with E-state index in [1.807, 2.05) is 5.38 Å². The quantitative estimate of drug-likeness (QED) is 0.715. The van der Waals surface area contributed by atoms with E-state index in [-0.39, 0.29) is 18.2 Å². The largest absolute Gasteiger partial charge is 0.349 e. The number of amides is 2. The Morgan fingerprint density at radius 1 is 1.64 bits per heavy atom. The van der Waals surface area contributed by atoms with Crippen LogP contribution in [0, 0.1) is 0 Å². The lowest BCUT2D eigenvalue weighted by Crippen LogP contribution is -2.31. The summed E-state index contributed by atoms with van der Waals surface area (Å²) in [5.74, 6) is -0.339. The molecule has 0 radical (unpaired) electrons. The van der Waals surface area contributed by atoms with Gasteiger partial charge < -0.3 is 5.32 Å². The van der Waals surface area contributed by atoms with E-state index in [1.165, 1.54) is 18.4 Å². The standard InChI is InChI=1S/C8H9N3O2S/c1-11-6(12)4-5(7(11)13)10-8-9-2-3-14-8/h2-3,5H,4H2,1H3,(H,9,10). The van der Waals surface area contributed by atoms with Gasteiger partial charge in [0.25, 0.3) is 5.91 Å². The van der Waals surface area contributed by atoms with E-state index in [9.17, 15) is 9.59 Å². The Bertz CT molecular complexity index is 363. The van der Waals surface area contributed by atoms with Crippen molar-refractivity contribution in [2.75, 3.05) is 12.4 Å². The number of aromatic nitrogens is 1. The monoisotopic (exact) mass is 211 g/mol. The third-order valence-corrected chi connectivity index (χ3v) is 2.82. The van der Waals surface area contributed by atoms with Crippen molar-refractivity contribution < 1.29 is 9.59 Å². The Labute approximate surface area is 84.7 Å².